The van der Waals surface area contributed by atoms with Crippen LogP contribution in [0, 0.1) is 5.92 Å². The highest BCUT2D eigenvalue weighted by atomic mass is 16.5. The minimum absolute atomic E-state index is 0.221. The van der Waals surface area contributed by atoms with Gasteiger partial charge in [-0.15, -0.1) is 0 Å². The molecule has 0 amide bonds. The zero-order chi connectivity index (χ0) is 20.1. The second-order valence-electron chi connectivity index (χ2n) is 7.22. The molecule has 1 N–H and O–H groups in total. The number of carboxylic acids is 1. The second-order valence-corrected chi connectivity index (χ2v) is 7.22. The van der Waals surface area contributed by atoms with Crippen molar-refractivity contribution in [3.63, 3.8) is 0 Å². The molecular formula is C23H26N2O3. The lowest BCUT2D eigenvalue weighted by molar-refractivity contribution is 0.0697. The van der Waals surface area contributed by atoms with Gasteiger partial charge in [-0.05, 0) is 42.2 Å². The van der Waals surface area contributed by atoms with Gasteiger partial charge in [0.05, 0.1) is 23.6 Å². The molecule has 3 aromatic rings. The van der Waals surface area contributed by atoms with Crippen molar-refractivity contribution in [1.82, 2.24) is 9.78 Å². The predicted octanol–water partition coefficient (Wildman–Crippen LogP) is 5.36. The van der Waals surface area contributed by atoms with E-state index in [2.05, 4.69) is 26.0 Å². The van der Waals surface area contributed by atoms with Gasteiger partial charge >= 0.3 is 5.97 Å². The summed E-state index contributed by atoms with van der Waals surface area (Å²) < 4.78 is 7.86. The molecule has 1 heterocycles. The van der Waals surface area contributed by atoms with E-state index in [1.807, 2.05) is 35.9 Å². The Hall–Kier alpha value is -3.08. The molecule has 0 aliphatic rings. The van der Waals surface area contributed by atoms with Crippen LogP contribution in [-0.4, -0.2) is 27.5 Å². The van der Waals surface area contributed by atoms with Crippen molar-refractivity contribution in [2.24, 2.45) is 5.92 Å². The molecule has 0 atom stereocenters. The molecule has 0 radical (unpaired) electrons. The van der Waals surface area contributed by atoms with Crippen molar-refractivity contribution in [1.29, 1.82) is 0 Å². The number of aromatic nitrogens is 2. The molecule has 0 aliphatic heterocycles. The maximum Gasteiger partial charge on any atom is 0.335 e. The molecular weight excluding hydrogens is 352 g/mol. The van der Waals surface area contributed by atoms with Crippen LogP contribution in [0.25, 0.3) is 22.5 Å². The third-order valence-electron chi connectivity index (χ3n) is 4.35. The molecule has 5 nitrogen and oxygen atoms in total. The summed E-state index contributed by atoms with van der Waals surface area (Å²) in [5, 5.41) is 14.2. The molecule has 0 aliphatic carbocycles. The topological polar surface area (TPSA) is 64.3 Å². The summed E-state index contributed by atoms with van der Waals surface area (Å²) in [6.45, 7) is 7.68. The Kier molecular flexibility index (Phi) is 6.14. The number of nitrogens with zero attached hydrogens (tertiary/aromatic N) is 2. The van der Waals surface area contributed by atoms with Gasteiger partial charge in [0.2, 0.25) is 0 Å². The van der Waals surface area contributed by atoms with Crippen LogP contribution >= 0.6 is 0 Å². The largest absolute Gasteiger partial charge is 0.493 e. The van der Waals surface area contributed by atoms with E-state index in [0.717, 1.165) is 24.2 Å². The van der Waals surface area contributed by atoms with E-state index in [4.69, 9.17) is 9.84 Å². The van der Waals surface area contributed by atoms with Gasteiger partial charge in [0.15, 0.2) is 0 Å². The molecule has 5 heteroatoms. The van der Waals surface area contributed by atoms with Crippen LogP contribution in [0.1, 0.15) is 37.6 Å². The standard InChI is InChI=1S/C23H26N2O3/c1-4-12-28-22-11-10-18(23(26)27)13-19(22)20-14-21(17-8-6-5-7-9-17)25(24-20)15-16(2)3/h5-11,13-14,16H,4,12,15H2,1-3H3,(H,26,27). The lowest BCUT2D eigenvalue weighted by atomic mass is 10.1. The van der Waals surface area contributed by atoms with Crippen molar-refractivity contribution in [2.45, 2.75) is 33.7 Å². The minimum atomic E-state index is -0.965. The van der Waals surface area contributed by atoms with Crippen molar-refractivity contribution >= 4 is 5.97 Å². The number of carboxylic acid groups (broad SMARTS) is 1. The molecule has 146 valence electrons. The average Bonchev–Trinajstić information content (AvgIpc) is 3.09. The highest BCUT2D eigenvalue weighted by Gasteiger charge is 2.17. The van der Waals surface area contributed by atoms with Crippen molar-refractivity contribution in [2.75, 3.05) is 6.61 Å². The van der Waals surface area contributed by atoms with Gasteiger partial charge in [-0.2, -0.15) is 5.10 Å². The summed E-state index contributed by atoms with van der Waals surface area (Å²) in [5.74, 6) is 0.116. The number of hydrogen-bond donors (Lipinski definition) is 1. The fraction of sp³-hybridized carbons (Fsp3) is 0.304. The molecule has 1 aromatic heterocycles. The summed E-state index contributed by atoms with van der Waals surface area (Å²) in [6.07, 6.45) is 0.872. The van der Waals surface area contributed by atoms with E-state index in [1.54, 1.807) is 18.2 Å². The Morgan fingerprint density at radius 3 is 2.54 bits per heavy atom. The van der Waals surface area contributed by atoms with Crippen molar-refractivity contribution < 1.29 is 14.6 Å². The van der Waals surface area contributed by atoms with Crippen LogP contribution in [0.15, 0.2) is 54.6 Å². The first-order chi connectivity index (χ1) is 13.5. The first-order valence-corrected chi connectivity index (χ1v) is 9.63. The molecule has 2 aromatic carbocycles. The van der Waals surface area contributed by atoms with Crippen LogP contribution in [0.5, 0.6) is 5.75 Å². The minimum Gasteiger partial charge on any atom is -0.493 e. The zero-order valence-corrected chi connectivity index (χ0v) is 16.6. The van der Waals surface area contributed by atoms with Gasteiger partial charge in [-0.3, -0.25) is 4.68 Å². The summed E-state index contributed by atoms with van der Waals surface area (Å²) >= 11 is 0. The third-order valence-corrected chi connectivity index (χ3v) is 4.35. The van der Waals surface area contributed by atoms with Gasteiger partial charge < -0.3 is 9.84 Å². The van der Waals surface area contributed by atoms with E-state index in [9.17, 15) is 9.90 Å². The molecule has 0 bridgehead atoms. The molecule has 0 saturated heterocycles. The Morgan fingerprint density at radius 1 is 1.14 bits per heavy atom. The maximum absolute atomic E-state index is 11.5. The smallest absolute Gasteiger partial charge is 0.335 e. The SMILES string of the molecule is CCCOc1ccc(C(=O)O)cc1-c1cc(-c2ccccc2)n(CC(C)C)n1. The first kappa shape index (κ1) is 19.7. The van der Waals surface area contributed by atoms with E-state index in [1.165, 1.54) is 0 Å². The molecule has 0 saturated carbocycles. The van der Waals surface area contributed by atoms with E-state index in [-0.39, 0.29) is 5.56 Å². The van der Waals surface area contributed by atoms with E-state index in [0.29, 0.717) is 29.5 Å². The fourth-order valence-corrected chi connectivity index (χ4v) is 3.08. The van der Waals surface area contributed by atoms with Crippen molar-refractivity contribution in [3.05, 3.63) is 60.2 Å². The van der Waals surface area contributed by atoms with Crippen LogP contribution in [0.4, 0.5) is 0 Å². The lowest BCUT2D eigenvalue weighted by Gasteiger charge is -2.11. The highest BCUT2D eigenvalue weighted by molar-refractivity contribution is 5.90. The summed E-state index contributed by atoms with van der Waals surface area (Å²) in [5.41, 5.74) is 3.72. The summed E-state index contributed by atoms with van der Waals surface area (Å²) in [7, 11) is 0. The molecule has 0 spiro atoms. The van der Waals surface area contributed by atoms with Crippen LogP contribution in [0.3, 0.4) is 0 Å². The van der Waals surface area contributed by atoms with Gasteiger partial charge in [-0.25, -0.2) is 4.79 Å². The Labute approximate surface area is 165 Å². The van der Waals surface area contributed by atoms with Crippen LogP contribution < -0.4 is 4.74 Å². The molecule has 0 unspecified atom stereocenters. The fourth-order valence-electron chi connectivity index (χ4n) is 3.08. The van der Waals surface area contributed by atoms with Crippen molar-refractivity contribution in [3.8, 4) is 28.3 Å². The average molecular weight is 378 g/mol. The molecule has 0 fully saturated rings. The quantitative estimate of drug-likeness (QED) is 0.573. The number of hydrogen-bond acceptors (Lipinski definition) is 3. The number of carbonyl (C=O) groups is 1. The molecule has 3 rings (SSSR count). The Morgan fingerprint density at radius 2 is 1.89 bits per heavy atom. The lowest BCUT2D eigenvalue weighted by Crippen LogP contribution is -2.08. The van der Waals surface area contributed by atoms with Gasteiger partial charge in [0.1, 0.15) is 5.75 Å². The second kappa shape index (κ2) is 8.74. The summed E-state index contributed by atoms with van der Waals surface area (Å²) in [6, 6.07) is 17.0. The molecule has 28 heavy (non-hydrogen) atoms. The van der Waals surface area contributed by atoms with E-state index < -0.39 is 5.97 Å². The first-order valence-electron chi connectivity index (χ1n) is 9.63. The number of benzene rings is 2. The van der Waals surface area contributed by atoms with Gasteiger partial charge in [0.25, 0.3) is 0 Å². The predicted molar refractivity (Wildman–Crippen MR) is 111 cm³/mol. The summed E-state index contributed by atoms with van der Waals surface area (Å²) in [4.78, 5) is 11.5. The normalized spacial score (nSPS) is 11.0. The Bertz CT molecular complexity index is 946. The number of aromatic carboxylic acids is 1. The third kappa shape index (κ3) is 4.42. The monoisotopic (exact) mass is 378 g/mol. The van der Waals surface area contributed by atoms with Gasteiger partial charge in [-0.1, -0.05) is 51.1 Å². The van der Waals surface area contributed by atoms with E-state index >= 15 is 0 Å². The van der Waals surface area contributed by atoms with Crippen LogP contribution in [-0.2, 0) is 6.54 Å². The number of ether oxygens (including phenoxy) is 1. The highest BCUT2D eigenvalue weighted by Crippen LogP contribution is 2.33. The Balaban J connectivity index is 2.13. The van der Waals surface area contributed by atoms with Crippen LogP contribution in [0.2, 0.25) is 0 Å². The zero-order valence-electron chi connectivity index (χ0n) is 16.6. The number of rotatable bonds is 8. The van der Waals surface area contributed by atoms with Gasteiger partial charge in [0, 0.05) is 12.1 Å². The maximum atomic E-state index is 11.5.